The van der Waals surface area contributed by atoms with Gasteiger partial charge in [0, 0.05) is 30.3 Å². The fourth-order valence-electron chi connectivity index (χ4n) is 2.71. The molecule has 0 bridgehead atoms. The number of anilines is 3. The van der Waals surface area contributed by atoms with Gasteiger partial charge in [-0.2, -0.15) is 4.98 Å². The molecule has 0 saturated carbocycles. The van der Waals surface area contributed by atoms with Crippen LogP contribution in [0.4, 0.5) is 17.2 Å². The number of nitrogens with one attached hydrogen (secondary N) is 1. The van der Waals surface area contributed by atoms with Crippen LogP contribution in [0.2, 0.25) is 5.28 Å². The highest BCUT2D eigenvalue weighted by Gasteiger charge is 2.12. The third kappa shape index (κ3) is 3.36. The molecule has 0 aliphatic rings. The predicted molar refractivity (Wildman–Crippen MR) is 112 cm³/mol. The molecule has 0 atom stereocenters. The van der Waals surface area contributed by atoms with E-state index in [0.29, 0.717) is 0 Å². The van der Waals surface area contributed by atoms with Crippen molar-refractivity contribution in [3.63, 3.8) is 0 Å². The predicted octanol–water partition coefficient (Wildman–Crippen LogP) is 5.82. The largest absolute Gasteiger partial charge is 0.378 e. The van der Waals surface area contributed by atoms with E-state index in [1.165, 1.54) is 0 Å². The van der Waals surface area contributed by atoms with Crippen LogP contribution in [0.3, 0.4) is 0 Å². The molecule has 2 aromatic carbocycles. The molecule has 4 aromatic rings. The lowest BCUT2D eigenvalue weighted by molar-refractivity contribution is 1.13. The Bertz CT molecular complexity index is 1040. The fourth-order valence-corrected chi connectivity index (χ4v) is 3.97. The molecule has 0 fully saturated rings. The normalized spacial score (nSPS) is 10.9. The van der Waals surface area contributed by atoms with Crippen LogP contribution in [0.25, 0.3) is 20.7 Å². The summed E-state index contributed by atoms with van der Waals surface area (Å²) in [5.41, 5.74) is 3.26. The zero-order valence-electron chi connectivity index (χ0n) is 14.4. The van der Waals surface area contributed by atoms with Crippen LogP contribution in [-0.4, -0.2) is 24.1 Å². The summed E-state index contributed by atoms with van der Waals surface area (Å²) >= 11 is 7.76. The average Bonchev–Trinajstić information content (AvgIpc) is 3.07. The topological polar surface area (TPSA) is 41.0 Å². The minimum Gasteiger partial charge on any atom is -0.378 e. The second kappa shape index (κ2) is 6.94. The van der Waals surface area contributed by atoms with E-state index in [4.69, 9.17) is 11.6 Å². The number of rotatable bonds is 4. The maximum Gasteiger partial charge on any atom is 0.225 e. The van der Waals surface area contributed by atoms with Crippen LogP contribution in [0, 0.1) is 0 Å². The first-order valence-corrected chi connectivity index (χ1v) is 9.36. The lowest BCUT2D eigenvalue weighted by Gasteiger charge is -2.13. The van der Waals surface area contributed by atoms with Gasteiger partial charge in [-0.25, -0.2) is 4.98 Å². The maximum atomic E-state index is 6.15. The smallest absolute Gasteiger partial charge is 0.225 e. The monoisotopic (exact) mass is 380 g/mol. The average molecular weight is 381 g/mol. The molecular formula is C20H17ClN4S. The van der Waals surface area contributed by atoms with Crippen molar-refractivity contribution in [2.45, 2.75) is 0 Å². The quantitative estimate of drug-likeness (QED) is 0.453. The Labute approximate surface area is 161 Å². The molecule has 1 N–H and O–H groups in total. The SMILES string of the molecule is CN(C)c1ccc(Nc2nc(Cl)nc3sc(-c4ccccc4)cc23)cc1. The summed E-state index contributed by atoms with van der Waals surface area (Å²) in [6.45, 7) is 0. The van der Waals surface area contributed by atoms with E-state index in [1.54, 1.807) is 11.3 Å². The number of thiophene rings is 1. The van der Waals surface area contributed by atoms with Crippen molar-refractivity contribution < 1.29 is 0 Å². The molecule has 0 saturated heterocycles. The molecule has 2 aromatic heterocycles. The van der Waals surface area contributed by atoms with Crippen molar-refractivity contribution in [3.8, 4) is 10.4 Å². The van der Waals surface area contributed by atoms with Crippen LogP contribution in [-0.2, 0) is 0 Å². The van der Waals surface area contributed by atoms with Crippen molar-refractivity contribution >= 4 is 50.3 Å². The van der Waals surface area contributed by atoms with Crippen molar-refractivity contribution in [2.75, 3.05) is 24.3 Å². The van der Waals surface area contributed by atoms with Crippen LogP contribution < -0.4 is 10.2 Å². The van der Waals surface area contributed by atoms with Crippen LogP contribution in [0.1, 0.15) is 0 Å². The van der Waals surface area contributed by atoms with E-state index in [0.717, 1.165) is 37.8 Å². The zero-order chi connectivity index (χ0) is 18.1. The summed E-state index contributed by atoms with van der Waals surface area (Å²) in [7, 11) is 4.04. The molecule has 0 aliphatic heterocycles. The Morgan fingerprint density at radius 1 is 0.962 bits per heavy atom. The minimum atomic E-state index is 0.242. The van der Waals surface area contributed by atoms with E-state index in [1.807, 2.05) is 44.4 Å². The molecule has 0 spiro atoms. The van der Waals surface area contributed by atoms with Crippen molar-refractivity contribution in [1.29, 1.82) is 0 Å². The number of halogens is 1. The van der Waals surface area contributed by atoms with Crippen molar-refractivity contribution in [2.24, 2.45) is 0 Å². The Balaban J connectivity index is 1.73. The van der Waals surface area contributed by atoms with Gasteiger partial charge in [-0.1, -0.05) is 30.3 Å². The third-order valence-electron chi connectivity index (χ3n) is 4.07. The number of aromatic nitrogens is 2. The summed E-state index contributed by atoms with van der Waals surface area (Å²) in [6.07, 6.45) is 0. The zero-order valence-corrected chi connectivity index (χ0v) is 16.0. The van der Waals surface area contributed by atoms with E-state index < -0.39 is 0 Å². The molecule has 0 unspecified atom stereocenters. The number of hydrogen-bond donors (Lipinski definition) is 1. The van der Waals surface area contributed by atoms with E-state index >= 15 is 0 Å². The van der Waals surface area contributed by atoms with Gasteiger partial charge in [0.15, 0.2) is 0 Å². The Morgan fingerprint density at radius 3 is 2.38 bits per heavy atom. The maximum absolute atomic E-state index is 6.15. The molecule has 2 heterocycles. The highest BCUT2D eigenvalue weighted by Crippen LogP contribution is 2.36. The standard InChI is InChI=1S/C20H17ClN4S/c1-25(2)15-10-8-14(9-11-15)22-18-16-12-17(13-6-4-3-5-7-13)26-19(16)24-20(21)23-18/h3-12H,1-2H3,(H,22,23,24). The van der Waals surface area contributed by atoms with Crippen molar-refractivity contribution in [1.82, 2.24) is 9.97 Å². The van der Waals surface area contributed by atoms with Gasteiger partial charge >= 0.3 is 0 Å². The summed E-state index contributed by atoms with van der Waals surface area (Å²) in [6, 6.07) is 20.5. The summed E-state index contributed by atoms with van der Waals surface area (Å²) in [4.78, 5) is 12.9. The van der Waals surface area contributed by atoms with E-state index in [9.17, 15) is 0 Å². The first-order valence-electron chi connectivity index (χ1n) is 8.17. The first kappa shape index (κ1) is 16.8. The molecule has 4 nitrogen and oxygen atoms in total. The highest BCUT2D eigenvalue weighted by molar-refractivity contribution is 7.22. The second-order valence-electron chi connectivity index (χ2n) is 6.10. The van der Waals surface area contributed by atoms with Gasteiger partial charge in [-0.15, -0.1) is 11.3 Å². The lowest BCUT2D eigenvalue weighted by Crippen LogP contribution is -2.08. The molecule has 6 heteroatoms. The lowest BCUT2D eigenvalue weighted by atomic mass is 10.2. The van der Waals surface area contributed by atoms with Crippen molar-refractivity contribution in [3.05, 3.63) is 65.9 Å². The summed E-state index contributed by atoms with van der Waals surface area (Å²) in [5, 5.41) is 4.58. The molecule has 0 aliphatic carbocycles. The minimum absolute atomic E-state index is 0.242. The number of benzene rings is 2. The molecule has 130 valence electrons. The van der Waals surface area contributed by atoms with Gasteiger partial charge in [0.2, 0.25) is 5.28 Å². The molecule has 0 radical (unpaired) electrons. The number of fused-ring (bicyclic) bond motifs is 1. The highest BCUT2D eigenvalue weighted by atomic mass is 35.5. The first-order chi connectivity index (χ1) is 12.6. The van der Waals surface area contributed by atoms with Gasteiger partial charge in [-0.05, 0) is 47.5 Å². The van der Waals surface area contributed by atoms with Gasteiger partial charge in [0.05, 0.1) is 5.39 Å². The fraction of sp³-hybridized carbons (Fsp3) is 0.100. The molecule has 0 amide bonds. The molecular weight excluding hydrogens is 364 g/mol. The third-order valence-corrected chi connectivity index (χ3v) is 5.32. The van der Waals surface area contributed by atoms with Gasteiger partial charge in [-0.3, -0.25) is 0 Å². The van der Waals surface area contributed by atoms with Crippen LogP contribution in [0.5, 0.6) is 0 Å². The van der Waals surface area contributed by atoms with Gasteiger partial charge in [0.1, 0.15) is 10.6 Å². The Kier molecular flexibility index (Phi) is 4.49. The Hall–Kier alpha value is -2.63. The number of hydrogen-bond acceptors (Lipinski definition) is 5. The van der Waals surface area contributed by atoms with E-state index in [-0.39, 0.29) is 5.28 Å². The summed E-state index contributed by atoms with van der Waals surface area (Å²) < 4.78 is 0. The van der Waals surface area contributed by atoms with Gasteiger partial charge < -0.3 is 10.2 Å². The van der Waals surface area contributed by atoms with E-state index in [2.05, 4.69) is 50.5 Å². The van der Waals surface area contributed by atoms with Crippen LogP contribution in [0.15, 0.2) is 60.7 Å². The Morgan fingerprint density at radius 2 is 1.69 bits per heavy atom. The molecule has 4 rings (SSSR count). The molecule has 26 heavy (non-hydrogen) atoms. The van der Waals surface area contributed by atoms with Gasteiger partial charge in [0.25, 0.3) is 0 Å². The number of nitrogens with zero attached hydrogens (tertiary/aromatic N) is 3. The van der Waals surface area contributed by atoms with Crippen LogP contribution >= 0.6 is 22.9 Å². The second-order valence-corrected chi connectivity index (χ2v) is 7.47. The summed E-state index contributed by atoms with van der Waals surface area (Å²) in [5.74, 6) is 0.719.